The molecule has 1 atom stereocenters. The molecule has 0 saturated carbocycles. The Kier molecular flexibility index (Phi) is 3.45. The van der Waals surface area contributed by atoms with Crippen LogP contribution in [0.3, 0.4) is 0 Å². The van der Waals surface area contributed by atoms with Gasteiger partial charge < -0.3 is 5.73 Å². The van der Waals surface area contributed by atoms with E-state index < -0.39 is 0 Å². The normalized spacial score (nSPS) is 12.7. The summed E-state index contributed by atoms with van der Waals surface area (Å²) in [4.78, 5) is 4.22. The number of hydrogen-bond donors (Lipinski definition) is 1. The molecule has 2 rings (SSSR count). The van der Waals surface area contributed by atoms with Gasteiger partial charge in [-0.05, 0) is 25.1 Å². The first-order chi connectivity index (χ1) is 8.06. The number of pyridine rings is 1. The first-order valence-corrected chi connectivity index (χ1v) is 5.80. The first-order valence-electron chi connectivity index (χ1n) is 5.43. The van der Waals surface area contributed by atoms with Crippen molar-refractivity contribution in [1.82, 2.24) is 14.8 Å². The van der Waals surface area contributed by atoms with Gasteiger partial charge >= 0.3 is 0 Å². The maximum atomic E-state index is 6.11. The van der Waals surface area contributed by atoms with Gasteiger partial charge in [0.1, 0.15) is 0 Å². The second kappa shape index (κ2) is 4.85. The number of aromatic nitrogens is 3. The van der Waals surface area contributed by atoms with Crippen LogP contribution >= 0.6 is 11.6 Å². The zero-order valence-corrected chi connectivity index (χ0v) is 10.6. The van der Waals surface area contributed by atoms with Crippen molar-refractivity contribution in [2.45, 2.75) is 19.4 Å². The number of hydrogen-bond acceptors (Lipinski definition) is 3. The van der Waals surface area contributed by atoms with Crippen LogP contribution < -0.4 is 5.73 Å². The van der Waals surface area contributed by atoms with Crippen molar-refractivity contribution in [3.8, 4) is 0 Å². The van der Waals surface area contributed by atoms with Gasteiger partial charge in [0.05, 0.1) is 22.5 Å². The van der Waals surface area contributed by atoms with Crippen molar-refractivity contribution in [2.24, 2.45) is 12.8 Å². The molecule has 0 radical (unpaired) electrons. The number of halogens is 1. The topological polar surface area (TPSA) is 56.7 Å². The predicted octanol–water partition coefficient (Wildman–Crippen LogP) is 2.02. The van der Waals surface area contributed by atoms with Gasteiger partial charge in [-0.1, -0.05) is 11.6 Å². The molecule has 0 aliphatic carbocycles. The minimum absolute atomic E-state index is 0.137. The Morgan fingerprint density at radius 2 is 2.24 bits per heavy atom. The Labute approximate surface area is 105 Å². The lowest BCUT2D eigenvalue weighted by atomic mass is 10.1. The van der Waals surface area contributed by atoms with E-state index >= 15 is 0 Å². The maximum absolute atomic E-state index is 6.11. The Hall–Kier alpha value is -1.39. The molecule has 2 heterocycles. The SMILES string of the molecule is Cc1cc(CC(N)c2ccc(Cl)cn2)n(C)n1. The summed E-state index contributed by atoms with van der Waals surface area (Å²) in [6, 6.07) is 5.56. The van der Waals surface area contributed by atoms with Crippen molar-refractivity contribution in [2.75, 3.05) is 0 Å². The van der Waals surface area contributed by atoms with Gasteiger partial charge in [0.25, 0.3) is 0 Å². The highest BCUT2D eigenvalue weighted by Gasteiger charge is 2.11. The van der Waals surface area contributed by atoms with Crippen LogP contribution in [0, 0.1) is 6.92 Å². The number of aryl methyl sites for hydroxylation is 2. The van der Waals surface area contributed by atoms with Crippen molar-refractivity contribution in [1.29, 1.82) is 0 Å². The summed E-state index contributed by atoms with van der Waals surface area (Å²) in [5.41, 5.74) is 9.05. The Balaban J connectivity index is 2.13. The molecule has 0 fully saturated rings. The third-order valence-electron chi connectivity index (χ3n) is 2.66. The van der Waals surface area contributed by atoms with Crippen LogP contribution in [0.1, 0.15) is 23.1 Å². The molecule has 0 aromatic carbocycles. The third-order valence-corrected chi connectivity index (χ3v) is 2.88. The van der Waals surface area contributed by atoms with E-state index in [-0.39, 0.29) is 6.04 Å². The van der Waals surface area contributed by atoms with E-state index in [2.05, 4.69) is 10.1 Å². The van der Waals surface area contributed by atoms with Crippen LogP contribution in [0.2, 0.25) is 5.02 Å². The molecule has 0 amide bonds. The first kappa shape index (κ1) is 12.1. The fraction of sp³-hybridized carbons (Fsp3) is 0.333. The fourth-order valence-corrected chi connectivity index (χ4v) is 1.90. The molecule has 2 N–H and O–H groups in total. The highest BCUT2D eigenvalue weighted by molar-refractivity contribution is 6.30. The summed E-state index contributed by atoms with van der Waals surface area (Å²) >= 11 is 5.79. The van der Waals surface area contributed by atoms with Gasteiger partial charge in [0.2, 0.25) is 0 Å². The second-order valence-corrected chi connectivity index (χ2v) is 4.55. The molecular weight excluding hydrogens is 236 g/mol. The molecule has 0 spiro atoms. The van der Waals surface area contributed by atoms with E-state index in [0.29, 0.717) is 11.4 Å². The quantitative estimate of drug-likeness (QED) is 0.907. The Morgan fingerprint density at radius 1 is 1.47 bits per heavy atom. The molecule has 0 aliphatic heterocycles. The lowest BCUT2D eigenvalue weighted by Crippen LogP contribution is -2.16. The van der Waals surface area contributed by atoms with Gasteiger partial charge in [0.15, 0.2) is 0 Å². The highest BCUT2D eigenvalue weighted by atomic mass is 35.5. The van der Waals surface area contributed by atoms with Crippen LogP contribution in [0.5, 0.6) is 0 Å². The van der Waals surface area contributed by atoms with Crippen LogP contribution in [-0.4, -0.2) is 14.8 Å². The van der Waals surface area contributed by atoms with E-state index in [4.69, 9.17) is 17.3 Å². The largest absolute Gasteiger partial charge is 0.322 e. The standard InChI is InChI=1S/C12H15ClN4/c1-8-5-10(17(2)16-8)6-11(14)12-4-3-9(13)7-15-12/h3-5,7,11H,6,14H2,1-2H3. The van der Waals surface area contributed by atoms with E-state index in [9.17, 15) is 0 Å². The molecule has 5 heteroatoms. The molecular formula is C12H15ClN4. The third kappa shape index (κ3) is 2.84. The molecule has 4 nitrogen and oxygen atoms in total. The van der Waals surface area contributed by atoms with Gasteiger partial charge in [-0.25, -0.2) is 0 Å². The smallest absolute Gasteiger partial charge is 0.0596 e. The predicted molar refractivity (Wildman–Crippen MR) is 67.8 cm³/mol. The lowest BCUT2D eigenvalue weighted by molar-refractivity contribution is 0.629. The fourth-order valence-electron chi connectivity index (χ4n) is 1.79. The average Bonchev–Trinajstić information content (AvgIpc) is 2.58. The van der Waals surface area contributed by atoms with Crippen LogP contribution in [0.4, 0.5) is 0 Å². The number of rotatable bonds is 3. The molecule has 0 bridgehead atoms. The van der Waals surface area contributed by atoms with Crippen molar-refractivity contribution < 1.29 is 0 Å². The minimum Gasteiger partial charge on any atom is -0.322 e. The summed E-state index contributed by atoms with van der Waals surface area (Å²) in [5, 5.41) is 4.91. The lowest BCUT2D eigenvalue weighted by Gasteiger charge is -2.10. The molecule has 2 aromatic heterocycles. The number of nitrogens with two attached hydrogens (primary N) is 1. The maximum Gasteiger partial charge on any atom is 0.0596 e. The van der Waals surface area contributed by atoms with E-state index in [1.54, 1.807) is 12.3 Å². The van der Waals surface area contributed by atoms with E-state index in [1.165, 1.54) is 0 Å². The highest BCUT2D eigenvalue weighted by Crippen LogP contribution is 2.16. The van der Waals surface area contributed by atoms with Crippen molar-refractivity contribution in [3.63, 3.8) is 0 Å². The van der Waals surface area contributed by atoms with Gasteiger partial charge in [-0.3, -0.25) is 9.67 Å². The van der Waals surface area contributed by atoms with Crippen LogP contribution in [0.25, 0.3) is 0 Å². The zero-order valence-electron chi connectivity index (χ0n) is 9.89. The summed E-state index contributed by atoms with van der Waals surface area (Å²) in [6.07, 6.45) is 2.33. The summed E-state index contributed by atoms with van der Waals surface area (Å²) < 4.78 is 1.85. The Morgan fingerprint density at radius 3 is 2.76 bits per heavy atom. The summed E-state index contributed by atoms with van der Waals surface area (Å²) in [7, 11) is 1.92. The van der Waals surface area contributed by atoms with E-state index in [1.807, 2.05) is 30.8 Å². The molecule has 90 valence electrons. The van der Waals surface area contributed by atoms with Crippen LogP contribution in [0.15, 0.2) is 24.4 Å². The summed E-state index contributed by atoms with van der Waals surface area (Å²) in [6.45, 7) is 1.97. The average molecular weight is 251 g/mol. The molecule has 17 heavy (non-hydrogen) atoms. The van der Waals surface area contributed by atoms with Crippen molar-refractivity contribution >= 4 is 11.6 Å². The monoisotopic (exact) mass is 250 g/mol. The molecule has 0 aliphatic rings. The van der Waals surface area contributed by atoms with Gasteiger partial charge in [0, 0.05) is 25.4 Å². The summed E-state index contributed by atoms with van der Waals surface area (Å²) in [5.74, 6) is 0. The molecule has 2 aromatic rings. The molecule has 0 saturated heterocycles. The van der Waals surface area contributed by atoms with Crippen molar-refractivity contribution in [3.05, 3.63) is 46.5 Å². The zero-order chi connectivity index (χ0) is 12.4. The minimum atomic E-state index is -0.137. The number of nitrogens with zero attached hydrogens (tertiary/aromatic N) is 3. The second-order valence-electron chi connectivity index (χ2n) is 4.11. The Bertz CT molecular complexity index is 504. The van der Waals surface area contributed by atoms with E-state index in [0.717, 1.165) is 17.1 Å². The molecule has 1 unspecified atom stereocenters. The van der Waals surface area contributed by atoms with Gasteiger partial charge in [-0.2, -0.15) is 5.10 Å². The van der Waals surface area contributed by atoms with Gasteiger partial charge in [-0.15, -0.1) is 0 Å². The van der Waals surface area contributed by atoms with Crippen LogP contribution in [-0.2, 0) is 13.5 Å².